The highest BCUT2D eigenvalue weighted by Crippen LogP contribution is 2.20. The molecule has 24 heavy (non-hydrogen) atoms. The third-order valence-corrected chi connectivity index (χ3v) is 3.31. The summed E-state index contributed by atoms with van der Waals surface area (Å²) in [5.41, 5.74) is 0.320. The van der Waals surface area contributed by atoms with E-state index in [0.717, 1.165) is 12.1 Å². The highest BCUT2D eigenvalue weighted by molar-refractivity contribution is 5.94. The zero-order chi connectivity index (χ0) is 17.1. The van der Waals surface area contributed by atoms with Crippen molar-refractivity contribution in [3.05, 3.63) is 77.2 Å². The maximum absolute atomic E-state index is 13.5. The van der Waals surface area contributed by atoms with E-state index in [0.29, 0.717) is 17.0 Å². The summed E-state index contributed by atoms with van der Waals surface area (Å²) in [5.74, 6) is -2.77. The number of benzene rings is 2. The molecule has 4 nitrogen and oxygen atoms in total. The standard InChI is InChI=1S/C17H11F3N2O2/c18-11-6-4-10(5-7-11)15-8-12(22-24-15)9-21-17(23)16-13(19)2-1-3-14(16)20/h1-8H,9H2,(H,21,23). The summed E-state index contributed by atoms with van der Waals surface area (Å²) in [5, 5.41) is 6.12. The van der Waals surface area contributed by atoms with Gasteiger partial charge in [0.15, 0.2) is 5.76 Å². The minimum Gasteiger partial charge on any atom is -0.356 e. The Hall–Kier alpha value is -3.09. The van der Waals surface area contributed by atoms with E-state index < -0.39 is 23.1 Å². The van der Waals surface area contributed by atoms with Crippen LogP contribution in [0.2, 0.25) is 0 Å². The van der Waals surface area contributed by atoms with Crippen molar-refractivity contribution in [3.63, 3.8) is 0 Å². The Labute approximate surface area is 134 Å². The fourth-order valence-electron chi connectivity index (χ4n) is 2.12. The third kappa shape index (κ3) is 3.29. The summed E-state index contributed by atoms with van der Waals surface area (Å²) < 4.78 is 45.0. The van der Waals surface area contributed by atoms with E-state index in [2.05, 4.69) is 10.5 Å². The van der Waals surface area contributed by atoms with Gasteiger partial charge in [-0.3, -0.25) is 4.79 Å². The molecule has 3 rings (SSSR count). The Balaban J connectivity index is 1.69. The maximum Gasteiger partial charge on any atom is 0.257 e. The summed E-state index contributed by atoms with van der Waals surface area (Å²) in [6.45, 7) is -0.0721. The zero-order valence-corrected chi connectivity index (χ0v) is 12.2. The minimum absolute atomic E-state index is 0.0721. The number of nitrogens with zero attached hydrogens (tertiary/aromatic N) is 1. The molecule has 0 aliphatic heterocycles. The number of halogens is 3. The van der Waals surface area contributed by atoms with Gasteiger partial charge in [0.25, 0.3) is 5.91 Å². The van der Waals surface area contributed by atoms with Gasteiger partial charge < -0.3 is 9.84 Å². The number of carbonyl (C=O) groups excluding carboxylic acids is 1. The summed E-state index contributed by atoms with van der Waals surface area (Å²) in [4.78, 5) is 11.9. The Kier molecular flexibility index (Phi) is 4.33. The lowest BCUT2D eigenvalue weighted by atomic mass is 10.1. The number of hydrogen-bond acceptors (Lipinski definition) is 3. The molecule has 0 unspecified atom stereocenters. The lowest BCUT2D eigenvalue weighted by molar-refractivity contribution is 0.0941. The van der Waals surface area contributed by atoms with Gasteiger partial charge in [-0.25, -0.2) is 13.2 Å². The largest absolute Gasteiger partial charge is 0.356 e. The van der Waals surface area contributed by atoms with Gasteiger partial charge in [0.2, 0.25) is 0 Å². The highest BCUT2D eigenvalue weighted by Gasteiger charge is 2.17. The van der Waals surface area contributed by atoms with Crippen LogP contribution in [0.5, 0.6) is 0 Å². The van der Waals surface area contributed by atoms with E-state index in [9.17, 15) is 18.0 Å². The molecule has 0 aliphatic carbocycles. The average molecular weight is 332 g/mol. The second kappa shape index (κ2) is 6.57. The van der Waals surface area contributed by atoms with Gasteiger partial charge in [0, 0.05) is 11.6 Å². The number of aromatic nitrogens is 1. The van der Waals surface area contributed by atoms with E-state index in [1.54, 1.807) is 6.07 Å². The van der Waals surface area contributed by atoms with Crippen molar-refractivity contribution in [1.29, 1.82) is 0 Å². The molecule has 1 aromatic heterocycles. The monoisotopic (exact) mass is 332 g/mol. The first-order valence-corrected chi connectivity index (χ1v) is 6.98. The number of hydrogen-bond donors (Lipinski definition) is 1. The van der Waals surface area contributed by atoms with Crippen molar-refractivity contribution >= 4 is 5.91 Å². The van der Waals surface area contributed by atoms with Crippen LogP contribution in [0.3, 0.4) is 0 Å². The van der Waals surface area contributed by atoms with Crippen LogP contribution in [-0.2, 0) is 6.54 Å². The Morgan fingerprint density at radius 2 is 1.71 bits per heavy atom. The second-order valence-corrected chi connectivity index (χ2v) is 4.97. The quantitative estimate of drug-likeness (QED) is 0.793. The van der Waals surface area contributed by atoms with E-state index in [1.807, 2.05) is 0 Å². The van der Waals surface area contributed by atoms with E-state index in [-0.39, 0.29) is 12.4 Å². The van der Waals surface area contributed by atoms with Gasteiger partial charge in [-0.2, -0.15) is 0 Å². The molecule has 3 aromatic rings. The Morgan fingerprint density at radius 3 is 2.38 bits per heavy atom. The van der Waals surface area contributed by atoms with E-state index in [4.69, 9.17) is 4.52 Å². The predicted octanol–water partition coefficient (Wildman–Crippen LogP) is 3.69. The summed E-state index contributed by atoms with van der Waals surface area (Å²) in [7, 11) is 0. The molecule has 0 bridgehead atoms. The molecule has 1 heterocycles. The lowest BCUT2D eigenvalue weighted by Crippen LogP contribution is -2.25. The van der Waals surface area contributed by atoms with Crippen LogP contribution in [0.1, 0.15) is 16.1 Å². The van der Waals surface area contributed by atoms with E-state index in [1.165, 1.54) is 30.3 Å². The maximum atomic E-state index is 13.5. The predicted molar refractivity (Wildman–Crippen MR) is 79.4 cm³/mol. The fourth-order valence-corrected chi connectivity index (χ4v) is 2.12. The number of amides is 1. The van der Waals surface area contributed by atoms with Crippen LogP contribution in [0.25, 0.3) is 11.3 Å². The first-order valence-electron chi connectivity index (χ1n) is 6.98. The van der Waals surface area contributed by atoms with Gasteiger partial charge in [-0.1, -0.05) is 11.2 Å². The third-order valence-electron chi connectivity index (χ3n) is 3.31. The molecular formula is C17H11F3N2O2. The zero-order valence-electron chi connectivity index (χ0n) is 12.2. The van der Waals surface area contributed by atoms with Crippen molar-refractivity contribution in [1.82, 2.24) is 10.5 Å². The molecule has 7 heteroatoms. The minimum atomic E-state index is -0.945. The van der Waals surface area contributed by atoms with Crippen LogP contribution >= 0.6 is 0 Å². The van der Waals surface area contributed by atoms with Gasteiger partial charge in [-0.05, 0) is 36.4 Å². The van der Waals surface area contributed by atoms with Crippen molar-refractivity contribution < 1.29 is 22.5 Å². The van der Waals surface area contributed by atoms with Crippen molar-refractivity contribution in [2.45, 2.75) is 6.54 Å². The van der Waals surface area contributed by atoms with Gasteiger partial charge in [0.05, 0.1) is 6.54 Å². The molecule has 0 fully saturated rings. The first kappa shape index (κ1) is 15.8. The van der Waals surface area contributed by atoms with Crippen LogP contribution in [0, 0.1) is 17.5 Å². The SMILES string of the molecule is O=C(NCc1cc(-c2ccc(F)cc2)on1)c1c(F)cccc1F. The van der Waals surface area contributed by atoms with Crippen LogP contribution < -0.4 is 5.32 Å². The normalized spacial score (nSPS) is 10.6. The highest BCUT2D eigenvalue weighted by atomic mass is 19.1. The van der Waals surface area contributed by atoms with Gasteiger partial charge in [-0.15, -0.1) is 0 Å². The molecule has 1 amide bonds. The van der Waals surface area contributed by atoms with Gasteiger partial charge >= 0.3 is 0 Å². The Morgan fingerprint density at radius 1 is 1.04 bits per heavy atom. The molecule has 1 N–H and O–H groups in total. The van der Waals surface area contributed by atoms with E-state index >= 15 is 0 Å². The molecule has 0 saturated heterocycles. The van der Waals surface area contributed by atoms with Crippen LogP contribution in [-0.4, -0.2) is 11.1 Å². The molecular weight excluding hydrogens is 321 g/mol. The molecule has 0 aliphatic rings. The lowest BCUT2D eigenvalue weighted by Gasteiger charge is -2.05. The molecule has 0 saturated carbocycles. The molecule has 0 spiro atoms. The summed E-state index contributed by atoms with van der Waals surface area (Å²) >= 11 is 0. The smallest absolute Gasteiger partial charge is 0.257 e. The molecule has 0 radical (unpaired) electrons. The number of rotatable bonds is 4. The van der Waals surface area contributed by atoms with Crippen molar-refractivity contribution in [3.8, 4) is 11.3 Å². The average Bonchev–Trinajstić information content (AvgIpc) is 3.02. The molecule has 2 aromatic carbocycles. The topological polar surface area (TPSA) is 55.1 Å². The van der Waals surface area contributed by atoms with Crippen molar-refractivity contribution in [2.24, 2.45) is 0 Å². The van der Waals surface area contributed by atoms with Crippen molar-refractivity contribution in [2.75, 3.05) is 0 Å². The number of carbonyl (C=O) groups is 1. The first-order chi connectivity index (χ1) is 11.5. The second-order valence-electron chi connectivity index (χ2n) is 4.97. The Bertz CT molecular complexity index is 856. The summed E-state index contributed by atoms with van der Waals surface area (Å²) in [6, 6.07) is 10.3. The molecule has 0 atom stereocenters. The summed E-state index contributed by atoms with van der Waals surface area (Å²) in [6.07, 6.45) is 0. The van der Waals surface area contributed by atoms with Gasteiger partial charge in [0.1, 0.15) is 28.7 Å². The number of nitrogens with one attached hydrogen (secondary N) is 1. The fraction of sp³-hybridized carbons (Fsp3) is 0.0588. The van der Waals surface area contributed by atoms with Crippen LogP contribution in [0.4, 0.5) is 13.2 Å². The van der Waals surface area contributed by atoms with Crippen LogP contribution in [0.15, 0.2) is 53.1 Å². The molecule has 122 valence electrons.